The van der Waals surface area contributed by atoms with E-state index in [-0.39, 0.29) is 5.82 Å². The summed E-state index contributed by atoms with van der Waals surface area (Å²) in [5, 5.41) is 8.55. The van der Waals surface area contributed by atoms with Gasteiger partial charge in [-0.05, 0) is 35.4 Å². The molecule has 90 valence electrons. The zero-order valence-electron chi connectivity index (χ0n) is 9.77. The second-order valence-electron chi connectivity index (χ2n) is 3.89. The first-order chi connectivity index (χ1) is 8.78. The number of benzene rings is 2. The Labute approximate surface area is 105 Å². The van der Waals surface area contributed by atoms with Crippen molar-refractivity contribution in [2.45, 2.75) is 13.0 Å². The topological polar surface area (TPSA) is 33.0 Å². The van der Waals surface area contributed by atoms with E-state index in [0.717, 1.165) is 16.9 Å². The largest absolute Gasteiger partial charge is 0.489 e. The molecule has 0 aromatic heterocycles. The molecule has 0 aliphatic heterocycles. The van der Waals surface area contributed by atoms with Crippen LogP contribution in [-0.4, -0.2) is 0 Å². The Hall–Kier alpha value is -2.34. The van der Waals surface area contributed by atoms with Crippen molar-refractivity contribution in [1.29, 1.82) is 5.26 Å². The number of rotatable bonds is 4. The van der Waals surface area contributed by atoms with E-state index < -0.39 is 0 Å². The zero-order valence-corrected chi connectivity index (χ0v) is 9.77. The minimum absolute atomic E-state index is 0.250. The average Bonchev–Trinajstić information content (AvgIpc) is 2.40. The summed E-state index contributed by atoms with van der Waals surface area (Å²) in [6.07, 6.45) is 0.401. The Balaban J connectivity index is 1.94. The third-order valence-corrected chi connectivity index (χ3v) is 2.53. The van der Waals surface area contributed by atoms with E-state index in [4.69, 9.17) is 10.00 Å². The summed E-state index contributed by atoms with van der Waals surface area (Å²) in [6, 6.07) is 15.7. The maximum absolute atomic E-state index is 12.7. The molecule has 0 N–H and O–H groups in total. The van der Waals surface area contributed by atoms with Crippen molar-refractivity contribution in [2.75, 3.05) is 0 Å². The van der Waals surface area contributed by atoms with E-state index in [0.29, 0.717) is 13.0 Å². The minimum Gasteiger partial charge on any atom is -0.489 e. The summed E-state index contributed by atoms with van der Waals surface area (Å²) >= 11 is 0. The van der Waals surface area contributed by atoms with Crippen LogP contribution < -0.4 is 4.74 Å². The molecule has 0 bridgehead atoms. The number of halogens is 1. The molecule has 2 rings (SSSR count). The lowest BCUT2D eigenvalue weighted by molar-refractivity contribution is 0.306. The third-order valence-electron chi connectivity index (χ3n) is 2.53. The average molecular weight is 241 g/mol. The van der Waals surface area contributed by atoms with Crippen LogP contribution in [0.3, 0.4) is 0 Å². The monoisotopic (exact) mass is 241 g/mol. The van der Waals surface area contributed by atoms with Crippen LogP contribution in [-0.2, 0) is 13.0 Å². The molecule has 3 heteroatoms. The smallest absolute Gasteiger partial charge is 0.123 e. The molecule has 0 heterocycles. The molecule has 0 radical (unpaired) electrons. The summed E-state index contributed by atoms with van der Waals surface area (Å²) in [5.41, 5.74) is 1.88. The highest BCUT2D eigenvalue weighted by molar-refractivity contribution is 5.29. The Morgan fingerprint density at radius 3 is 2.17 bits per heavy atom. The van der Waals surface area contributed by atoms with Gasteiger partial charge in [-0.1, -0.05) is 24.3 Å². The van der Waals surface area contributed by atoms with Gasteiger partial charge in [-0.25, -0.2) is 4.39 Å². The minimum atomic E-state index is -0.250. The van der Waals surface area contributed by atoms with Crippen LogP contribution in [0.4, 0.5) is 4.39 Å². The molecule has 0 spiro atoms. The van der Waals surface area contributed by atoms with Crippen molar-refractivity contribution >= 4 is 0 Å². The summed E-state index contributed by atoms with van der Waals surface area (Å²) in [6.45, 7) is 0.401. The highest BCUT2D eigenvalue weighted by Crippen LogP contribution is 2.14. The predicted molar refractivity (Wildman–Crippen MR) is 66.5 cm³/mol. The van der Waals surface area contributed by atoms with Gasteiger partial charge in [0.05, 0.1) is 12.5 Å². The first-order valence-corrected chi connectivity index (χ1v) is 5.61. The van der Waals surface area contributed by atoms with Crippen molar-refractivity contribution in [3.63, 3.8) is 0 Å². The van der Waals surface area contributed by atoms with Gasteiger partial charge in [0.1, 0.15) is 18.2 Å². The number of nitrogens with zero attached hydrogens (tertiary/aromatic N) is 1. The van der Waals surface area contributed by atoms with E-state index >= 15 is 0 Å². The quantitative estimate of drug-likeness (QED) is 0.821. The second kappa shape index (κ2) is 5.83. The molecule has 0 aliphatic rings. The third kappa shape index (κ3) is 3.33. The van der Waals surface area contributed by atoms with Gasteiger partial charge in [0, 0.05) is 0 Å². The van der Waals surface area contributed by atoms with Gasteiger partial charge in [-0.2, -0.15) is 5.26 Å². The molecule has 0 aliphatic carbocycles. The maximum Gasteiger partial charge on any atom is 0.123 e. The van der Waals surface area contributed by atoms with Crippen molar-refractivity contribution in [3.05, 3.63) is 65.5 Å². The molecular weight excluding hydrogens is 229 g/mol. The molecule has 2 nitrogen and oxygen atoms in total. The van der Waals surface area contributed by atoms with Crippen LogP contribution in [0, 0.1) is 17.1 Å². The van der Waals surface area contributed by atoms with Crippen molar-refractivity contribution in [1.82, 2.24) is 0 Å². The molecule has 2 aromatic carbocycles. The van der Waals surface area contributed by atoms with E-state index in [9.17, 15) is 4.39 Å². The fraction of sp³-hybridized carbons (Fsp3) is 0.133. The number of hydrogen-bond donors (Lipinski definition) is 0. The molecule has 0 atom stereocenters. The highest BCUT2D eigenvalue weighted by atomic mass is 19.1. The van der Waals surface area contributed by atoms with Crippen molar-refractivity contribution < 1.29 is 9.13 Å². The Morgan fingerprint density at radius 2 is 1.56 bits per heavy atom. The molecule has 0 fully saturated rings. The molecule has 0 amide bonds. The first-order valence-electron chi connectivity index (χ1n) is 5.61. The molecular formula is C15H12FNO. The zero-order chi connectivity index (χ0) is 12.8. The van der Waals surface area contributed by atoms with E-state index in [2.05, 4.69) is 6.07 Å². The first kappa shape index (κ1) is 12.1. The van der Waals surface area contributed by atoms with Gasteiger partial charge in [0.25, 0.3) is 0 Å². The lowest BCUT2D eigenvalue weighted by Crippen LogP contribution is -1.95. The van der Waals surface area contributed by atoms with Crippen LogP contribution in [0.2, 0.25) is 0 Å². The SMILES string of the molecule is N#CCc1ccc(OCc2ccc(F)cc2)cc1. The number of hydrogen-bond acceptors (Lipinski definition) is 2. The summed E-state index contributed by atoms with van der Waals surface area (Å²) < 4.78 is 18.3. The van der Waals surface area contributed by atoms with Gasteiger partial charge >= 0.3 is 0 Å². The van der Waals surface area contributed by atoms with Gasteiger partial charge in [-0.15, -0.1) is 0 Å². The normalized spacial score (nSPS) is 9.78. The Bertz CT molecular complexity index is 540. The summed E-state index contributed by atoms with van der Waals surface area (Å²) in [7, 11) is 0. The summed E-state index contributed by atoms with van der Waals surface area (Å²) in [4.78, 5) is 0. The molecule has 2 aromatic rings. The standard InChI is InChI=1S/C15H12FNO/c16-14-5-1-13(2-6-14)11-18-15-7-3-12(4-8-15)9-10-17/h1-8H,9,11H2. The van der Waals surface area contributed by atoms with Crippen molar-refractivity contribution in [3.8, 4) is 11.8 Å². The van der Waals surface area contributed by atoms with Gasteiger partial charge in [0.15, 0.2) is 0 Å². The van der Waals surface area contributed by atoms with Crippen LogP contribution in [0.15, 0.2) is 48.5 Å². The van der Waals surface area contributed by atoms with E-state index in [1.165, 1.54) is 12.1 Å². The molecule has 0 unspecified atom stereocenters. The molecule has 0 saturated heterocycles. The van der Waals surface area contributed by atoms with Gasteiger partial charge < -0.3 is 4.74 Å². The highest BCUT2D eigenvalue weighted by Gasteiger charge is 1.97. The van der Waals surface area contributed by atoms with E-state index in [1.807, 2.05) is 24.3 Å². The van der Waals surface area contributed by atoms with Gasteiger partial charge in [-0.3, -0.25) is 0 Å². The summed E-state index contributed by atoms with van der Waals surface area (Å²) in [5.74, 6) is 0.487. The number of ether oxygens (including phenoxy) is 1. The lowest BCUT2D eigenvalue weighted by atomic mass is 10.2. The van der Waals surface area contributed by atoms with Crippen molar-refractivity contribution in [2.24, 2.45) is 0 Å². The fourth-order valence-corrected chi connectivity index (χ4v) is 1.54. The number of nitriles is 1. The Kier molecular flexibility index (Phi) is 3.93. The van der Waals surface area contributed by atoms with Gasteiger partial charge in [0.2, 0.25) is 0 Å². The van der Waals surface area contributed by atoms with Crippen LogP contribution in [0.1, 0.15) is 11.1 Å². The molecule has 18 heavy (non-hydrogen) atoms. The fourth-order valence-electron chi connectivity index (χ4n) is 1.54. The predicted octanol–water partition coefficient (Wildman–Crippen LogP) is 3.47. The van der Waals surface area contributed by atoms with Crippen LogP contribution in [0.5, 0.6) is 5.75 Å². The lowest BCUT2D eigenvalue weighted by Gasteiger charge is -2.06. The van der Waals surface area contributed by atoms with Crippen LogP contribution >= 0.6 is 0 Å². The molecule has 0 saturated carbocycles. The Morgan fingerprint density at radius 1 is 0.944 bits per heavy atom. The second-order valence-corrected chi connectivity index (χ2v) is 3.89. The van der Waals surface area contributed by atoms with Crippen LogP contribution in [0.25, 0.3) is 0 Å². The maximum atomic E-state index is 12.7. The van der Waals surface area contributed by atoms with E-state index in [1.54, 1.807) is 12.1 Å².